The average Bonchev–Trinajstić information content (AvgIpc) is 3.03. The van der Waals surface area contributed by atoms with E-state index in [9.17, 15) is 4.79 Å². The molecule has 1 heterocycles. The maximum Gasteiger partial charge on any atom is 0.237 e. The predicted molar refractivity (Wildman–Crippen MR) is 80.3 cm³/mol. The predicted octanol–water partition coefficient (Wildman–Crippen LogP) is 1.64. The molecule has 0 bridgehead atoms. The summed E-state index contributed by atoms with van der Waals surface area (Å²) >= 11 is 0. The van der Waals surface area contributed by atoms with Crippen LogP contribution in [0.5, 0.6) is 0 Å². The minimum atomic E-state index is -0.438. The van der Waals surface area contributed by atoms with Crippen LogP contribution in [0, 0.1) is 5.92 Å². The highest BCUT2D eigenvalue weighted by atomic mass is 16.1. The summed E-state index contributed by atoms with van der Waals surface area (Å²) in [7, 11) is 0. The molecule has 2 aliphatic carbocycles. The summed E-state index contributed by atoms with van der Waals surface area (Å²) in [6, 6.07) is 1.36. The lowest BCUT2D eigenvalue weighted by atomic mass is 9.85. The highest BCUT2D eigenvalue weighted by Gasteiger charge is 2.48. The molecule has 20 heavy (non-hydrogen) atoms. The van der Waals surface area contributed by atoms with E-state index in [4.69, 9.17) is 5.73 Å². The minimum absolute atomic E-state index is 0.152. The first-order valence-electron chi connectivity index (χ1n) is 8.47. The Balaban J connectivity index is 1.69. The maximum absolute atomic E-state index is 11.9. The Kier molecular flexibility index (Phi) is 4.04. The smallest absolute Gasteiger partial charge is 0.237 e. The van der Waals surface area contributed by atoms with E-state index in [2.05, 4.69) is 17.1 Å². The Morgan fingerprint density at radius 1 is 1.30 bits per heavy atom. The molecule has 3 fully saturated rings. The summed E-state index contributed by atoms with van der Waals surface area (Å²) in [6.07, 6.45) is 9.91. The number of likely N-dealkylation sites (N-methyl/N-ethyl adjacent to an activating group) is 1. The van der Waals surface area contributed by atoms with Crippen molar-refractivity contribution in [1.82, 2.24) is 10.2 Å². The second-order valence-corrected chi connectivity index (χ2v) is 7.01. The number of nitrogens with one attached hydrogen (secondary N) is 1. The molecule has 0 aromatic heterocycles. The lowest BCUT2D eigenvalue weighted by Gasteiger charge is -2.36. The lowest BCUT2D eigenvalue weighted by molar-refractivity contribution is -0.124. The molecule has 1 aliphatic heterocycles. The number of nitrogens with two attached hydrogens (primary N) is 1. The Morgan fingerprint density at radius 3 is 2.85 bits per heavy atom. The van der Waals surface area contributed by atoms with Gasteiger partial charge in [-0.3, -0.25) is 9.69 Å². The second kappa shape index (κ2) is 5.64. The lowest BCUT2D eigenvalue weighted by Crippen LogP contribution is -2.54. The summed E-state index contributed by atoms with van der Waals surface area (Å²) in [4.78, 5) is 14.6. The number of nitrogens with zero attached hydrogens (tertiary/aromatic N) is 1. The van der Waals surface area contributed by atoms with E-state index in [1.165, 1.54) is 38.6 Å². The van der Waals surface area contributed by atoms with Crippen molar-refractivity contribution < 1.29 is 4.79 Å². The van der Waals surface area contributed by atoms with Crippen molar-refractivity contribution in [3.63, 3.8) is 0 Å². The van der Waals surface area contributed by atoms with E-state index in [0.29, 0.717) is 6.04 Å². The molecule has 1 saturated heterocycles. The van der Waals surface area contributed by atoms with Gasteiger partial charge >= 0.3 is 0 Å². The maximum atomic E-state index is 11.9. The quantitative estimate of drug-likeness (QED) is 0.822. The number of rotatable bonds is 4. The van der Waals surface area contributed by atoms with E-state index >= 15 is 0 Å². The first-order chi connectivity index (χ1) is 9.66. The van der Waals surface area contributed by atoms with E-state index in [0.717, 1.165) is 37.8 Å². The van der Waals surface area contributed by atoms with Crippen molar-refractivity contribution in [1.29, 1.82) is 0 Å². The number of carbonyl (C=O) groups excluding carboxylic acids is 1. The van der Waals surface area contributed by atoms with Gasteiger partial charge in [0.1, 0.15) is 0 Å². The molecule has 2 saturated carbocycles. The zero-order valence-corrected chi connectivity index (χ0v) is 12.7. The molecule has 114 valence electrons. The molecular formula is C16H29N3O. The zero-order chi connectivity index (χ0) is 14.2. The van der Waals surface area contributed by atoms with E-state index in [1.54, 1.807) is 0 Å². The van der Waals surface area contributed by atoms with Crippen molar-refractivity contribution in [3.05, 3.63) is 0 Å². The van der Waals surface area contributed by atoms with Gasteiger partial charge in [0.2, 0.25) is 5.91 Å². The second-order valence-electron chi connectivity index (χ2n) is 7.01. The van der Waals surface area contributed by atoms with Crippen LogP contribution >= 0.6 is 0 Å². The molecule has 1 amide bonds. The van der Waals surface area contributed by atoms with Crippen LogP contribution in [0.25, 0.3) is 0 Å². The Labute approximate surface area is 122 Å². The van der Waals surface area contributed by atoms with Gasteiger partial charge in [0.25, 0.3) is 0 Å². The molecule has 3 N–H and O–H groups in total. The first-order valence-corrected chi connectivity index (χ1v) is 8.47. The number of hydrogen-bond acceptors (Lipinski definition) is 3. The molecular weight excluding hydrogens is 250 g/mol. The SMILES string of the molecule is CCNC1(C(N)=O)CCC(N2CCC3CCCCC32)C1. The molecule has 4 heteroatoms. The van der Waals surface area contributed by atoms with Crippen molar-refractivity contribution in [3.8, 4) is 0 Å². The van der Waals surface area contributed by atoms with Gasteiger partial charge in [0.15, 0.2) is 0 Å². The van der Waals surface area contributed by atoms with Crippen molar-refractivity contribution in [2.24, 2.45) is 11.7 Å². The Morgan fingerprint density at radius 2 is 2.10 bits per heavy atom. The van der Waals surface area contributed by atoms with Gasteiger partial charge < -0.3 is 11.1 Å². The van der Waals surface area contributed by atoms with E-state index in [-0.39, 0.29) is 5.91 Å². The van der Waals surface area contributed by atoms with Gasteiger partial charge in [0.05, 0.1) is 5.54 Å². The van der Waals surface area contributed by atoms with Gasteiger partial charge in [-0.15, -0.1) is 0 Å². The summed E-state index contributed by atoms with van der Waals surface area (Å²) in [5.41, 5.74) is 5.25. The van der Waals surface area contributed by atoms with Gasteiger partial charge in [-0.05, 0) is 57.5 Å². The molecule has 3 rings (SSSR count). The standard InChI is InChI=1S/C16H29N3O/c1-2-18-16(15(17)20)9-7-13(11-16)19-10-8-12-5-3-4-6-14(12)19/h12-14,18H,2-11H2,1H3,(H2,17,20). The van der Waals surface area contributed by atoms with Crippen LogP contribution in [0.2, 0.25) is 0 Å². The fourth-order valence-corrected chi connectivity index (χ4v) is 5.01. The van der Waals surface area contributed by atoms with E-state index in [1.807, 2.05) is 0 Å². The first kappa shape index (κ1) is 14.3. The third-order valence-corrected chi connectivity index (χ3v) is 6.00. The normalized spacial score (nSPS) is 41.8. The average molecular weight is 279 g/mol. The molecule has 0 aromatic carbocycles. The van der Waals surface area contributed by atoms with E-state index < -0.39 is 5.54 Å². The van der Waals surface area contributed by atoms with Crippen LogP contribution in [-0.2, 0) is 4.79 Å². The number of fused-ring (bicyclic) bond motifs is 1. The molecule has 4 unspecified atom stereocenters. The van der Waals surface area contributed by atoms with Crippen molar-refractivity contribution in [2.45, 2.75) is 75.9 Å². The van der Waals surface area contributed by atoms with Gasteiger partial charge in [-0.1, -0.05) is 19.8 Å². The number of hydrogen-bond donors (Lipinski definition) is 2. The summed E-state index contributed by atoms with van der Waals surface area (Å²) < 4.78 is 0. The number of amides is 1. The van der Waals surface area contributed by atoms with Crippen LogP contribution in [0.1, 0.15) is 58.3 Å². The number of carbonyl (C=O) groups is 1. The molecule has 0 aromatic rings. The molecule has 3 aliphatic rings. The molecule has 0 spiro atoms. The van der Waals surface area contributed by atoms with Crippen LogP contribution in [-0.4, -0.2) is 41.5 Å². The Bertz CT molecular complexity index is 373. The topological polar surface area (TPSA) is 58.4 Å². The van der Waals surface area contributed by atoms with Gasteiger partial charge in [0, 0.05) is 12.1 Å². The number of primary amides is 1. The van der Waals surface area contributed by atoms with Crippen LogP contribution < -0.4 is 11.1 Å². The minimum Gasteiger partial charge on any atom is -0.368 e. The van der Waals surface area contributed by atoms with Crippen LogP contribution in [0.15, 0.2) is 0 Å². The molecule has 4 atom stereocenters. The molecule has 0 radical (unpaired) electrons. The third kappa shape index (κ3) is 2.37. The highest BCUT2D eigenvalue weighted by molar-refractivity contribution is 5.85. The summed E-state index contributed by atoms with van der Waals surface area (Å²) in [6.45, 7) is 4.12. The zero-order valence-electron chi connectivity index (χ0n) is 12.7. The highest BCUT2D eigenvalue weighted by Crippen LogP contribution is 2.42. The van der Waals surface area contributed by atoms with Crippen LogP contribution in [0.3, 0.4) is 0 Å². The molecule has 4 nitrogen and oxygen atoms in total. The van der Waals surface area contributed by atoms with Crippen molar-refractivity contribution in [2.75, 3.05) is 13.1 Å². The summed E-state index contributed by atoms with van der Waals surface area (Å²) in [5, 5.41) is 3.38. The Hall–Kier alpha value is -0.610. The fraction of sp³-hybridized carbons (Fsp3) is 0.938. The third-order valence-electron chi connectivity index (χ3n) is 6.00. The monoisotopic (exact) mass is 279 g/mol. The van der Waals surface area contributed by atoms with Crippen LogP contribution in [0.4, 0.5) is 0 Å². The number of likely N-dealkylation sites (tertiary alicyclic amines) is 1. The summed E-state index contributed by atoms with van der Waals surface area (Å²) in [5.74, 6) is 0.771. The van der Waals surface area contributed by atoms with Gasteiger partial charge in [-0.2, -0.15) is 0 Å². The fourth-order valence-electron chi connectivity index (χ4n) is 5.01. The largest absolute Gasteiger partial charge is 0.368 e. The van der Waals surface area contributed by atoms with Gasteiger partial charge in [-0.25, -0.2) is 0 Å². The van der Waals surface area contributed by atoms with Crippen molar-refractivity contribution >= 4 is 5.91 Å².